The molecular weight excluding hydrogens is 352 g/mol. The second kappa shape index (κ2) is 10.9. The molecule has 1 aromatic heterocycles. The molecule has 0 atom stereocenters. The fraction of sp³-hybridized carbons (Fsp3) is 0.565. The van der Waals surface area contributed by atoms with Crippen LogP contribution in [0.25, 0.3) is 11.0 Å². The number of fused-ring (bicyclic) bond motifs is 1. The molecule has 0 unspecified atom stereocenters. The average Bonchev–Trinajstić information content (AvgIpc) is 3.05. The van der Waals surface area contributed by atoms with E-state index >= 15 is 0 Å². The third-order valence-corrected chi connectivity index (χ3v) is 5.05. The van der Waals surface area contributed by atoms with E-state index < -0.39 is 0 Å². The number of hydrogen-bond acceptors (Lipinski definition) is 3. The van der Waals surface area contributed by atoms with E-state index in [2.05, 4.69) is 20.8 Å². The summed E-state index contributed by atoms with van der Waals surface area (Å²) in [5.41, 5.74) is 1.95. The van der Waals surface area contributed by atoms with Crippen LogP contribution in [0.5, 0.6) is 0 Å². The Morgan fingerprint density at radius 3 is 2.25 bits per heavy atom. The van der Waals surface area contributed by atoms with E-state index in [1.807, 2.05) is 36.2 Å². The van der Waals surface area contributed by atoms with Crippen molar-refractivity contribution in [2.24, 2.45) is 0 Å². The molecule has 0 fully saturated rings. The first-order chi connectivity index (χ1) is 13.5. The van der Waals surface area contributed by atoms with Gasteiger partial charge in [0.1, 0.15) is 11.3 Å². The standard InChI is InChI=1S/C23H34N2O3/c1-5-15-25(16-6-2)23(27)14-10-13-22(26)24(4)17-19-18-11-8-9-12-21(18)28-20(19)7-3/h8-9,11-12H,5-7,10,13-17H2,1-4H3. The van der Waals surface area contributed by atoms with Crippen molar-refractivity contribution in [3.05, 3.63) is 35.6 Å². The lowest BCUT2D eigenvalue weighted by Crippen LogP contribution is -2.32. The van der Waals surface area contributed by atoms with Crippen LogP contribution in [0.2, 0.25) is 0 Å². The lowest BCUT2D eigenvalue weighted by Gasteiger charge is -2.22. The van der Waals surface area contributed by atoms with Gasteiger partial charge < -0.3 is 14.2 Å². The van der Waals surface area contributed by atoms with Crippen molar-refractivity contribution in [3.63, 3.8) is 0 Å². The van der Waals surface area contributed by atoms with Gasteiger partial charge in [0.05, 0.1) is 0 Å². The number of nitrogens with zero attached hydrogens (tertiary/aromatic N) is 2. The minimum Gasteiger partial charge on any atom is -0.461 e. The Morgan fingerprint density at radius 2 is 1.61 bits per heavy atom. The molecule has 0 bridgehead atoms. The van der Waals surface area contributed by atoms with Gasteiger partial charge in [0.2, 0.25) is 11.8 Å². The molecule has 2 amide bonds. The third-order valence-electron chi connectivity index (χ3n) is 5.05. The van der Waals surface area contributed by atoms with Gasteiger partial charge >= 0.3 is 0 Å². The number of para-hydroxylation sites is 1. The second-order valence-corrected chi connectivity index (χ2v) is 7.34. The van der Waals surface area contributed by atoms with Crippen LogP contribution in [0, 0.1) is 0 Å². The zero-order chi connectivity index (χ0) is 20.5. The Hall–Kier alpha value is -2.30. The Bertz CT molecular complexity index is 775. The lowest BCUT2D eigenvalue weighted by molar-refractivity contribution is -0.132. The molecule has 0 aliphatic rings. The van der Waals surface area contributed by atoms with E-state index in [-0.39, 0.29) is 11.8 Å². The molecule has 2 rings (SSSR count). The number of furan rings is 1. The highest BCUT2D eigenvalue weighted by Gasteiger charge is 2.18. The maximum atomic E-state index is 12.6. The van der Waals surface area contributed by atoms with Crippen LogP contribution in [0.15, 0.2) is 28.7 Å². The van der Waals surface area contributed by atoms with E-state index in [1.54, 1.807) is 4.90 Å². The van der Waals surface area contributed by atoms with E-state index in [1.165, 1.54) is 0 Å². The van der Waals surface area contributed by atoms with Crippen molar-refractivity contribution in [1.29, 1.82) is 0 Å². The molecular formula is C23H34N2O3. The molecule has 28 heavy (non-hydrogen) atoms. The normalized spacial score (nSPS) is 11.0. The van der Waals surface area contributed by atoms with E-state index in [0.29, 0.717) is 25.8 Å². The number of hydrogen-bond donors (Lipinski definition) is 0. The summed E-state index contributed by atoms with van der Waals surface area (Å²) in [6.45, 7) is 8.36. The number of rotatable bonds is 11. The van der Waals surface area contributed by atoms with Crippen LogP contribution in [0.1, 0.15) is 64.2 Å². The van der Waals surface area contributed by atoms with Crippen molar-refractivity contribution < 1.29 is 14.0 Å². The Labute approximate surface area is 168 Å². The molecule has 5 heteroatoms. The van der Waals surface area contributed by atoms with E-state index in [0.717, 1.165) is 54.6 Å². The molecule has 0 spiro atoms. The molecule has 0 radical (unpaired) electrons. The summed E-state index contributed by atoms with van der Waals surface area (Å²) in [5, 5.41) is 1.07. The molecule has 0 aliphatic carbocycles. The summed E-state index contributed by atoms with van der Waals surface area (Å²) in [7, 11) is 1.83. The number of carbonyl (C=O) groups is 2. The highest BCUT2D eigenvalue weighted by Crippen LogP contribution is 2.27. The topological polar surface area (TPSA) is 53.8 Å². The van der Waals surface area contributed by atoms with Gasteiger partial charge in [-0.25, -0.2) is 0 Å². The molecule has 0 N–H and O–H groups in total. The van der Waals surface area contributed by atoms with Crippen LogP contribution < -0.4 is 0 Å². The number of benzene rings is 1. The number of aryl methyl sites for hydroxylation is 1. The van der Waals surface area contributed by atoms with Gasteiger partial charge in [-0.05, 0) is 25.3 Å². The fourth-order valence-corrected chi connectivity index (χ4v) is 3.57. The minimum atomic E-state index is 0.0673. The van der Waals surface area contributed by atoms with Crippen molar-refractivity contribution in [2.45, 2.75) is 65.8 Å². The first-order valence-corrected chi connectivity index (χ1v) is 10.5. The highest BCUT2D eigenvalue weighted by atomic mass is 16.3. The van der Waals surface area contributed by atoms with Gasteiger partial charge in [-0.15, -0.1) is 0 Å². The smallest absolute Gasteiger partial charge is 0.222 e. The second-order valence-electron chi connectivity index (χ2n) is 7.34. The Morgan fingerprint density at radius 1 is 0.964 bits per heavy atom. The molecule has 5 nitrogen and oxygen atoms in total. The molecule has 0 saturated heterocycles. The molecule has 0 aliphatic heterocycles. The molecule has 2 aromatic rings. The molecule has 1 heterocycles. The van der Waals surface area contributed by atoms with Crippen molar-refractivity contribution in [3.8, 4) is 0 Å². The van der Waals surface area contributed by atoms with E-state index in [4.69, 9.17) is 4.42 Å². The monoisotopic (exact) mass is 386 g/mol. The van der Waals surface area contributed by atoms with Crippen LogP contribution in [-0.2, 0) is 22.6 Å². The summed E-state index contributed by atoms with van der Waals surface area (Å²) in [4.78, 5) is 28.6. The summed E-state index contributed by atoms with van der Waals surface area (Å²) < 4.78 is 5.93. The average molecular weight is 387 g/mol. The summed E-state index contributed by atoms with van der Waals surface area (Å²) in [5.74, 6) is 1.16. The van der Waals surface area contributed by atoms with Gasteiger partial charge in [-0.3, -0.25) is 9.59 Å². The summed E-state index contributed by atoms with van der Waals surface area (Å²) in [6.07, 6.45) is 4.15. The zero-order valence-electron chi connectivity index (χ0n) is 17.8. The van der Waals surface area contributed by atoms with E-state index in [9.17, 15) is 9.59 Å². The van der Waals surface area contributed by atoms with Gasteiger partial charge in [-0.1, -0.05) is 39.0 Å². The Balaban J connectivity index is 1.91. The maximum absolute atomic E-state index is 12.6. The quantitative estimate of drug-likeness (QED) is 0.559. The predicted molar refractivity (Wildman–Crippen MR) is 113 cm³/mol. The Kier molecular flexibility index (Phi) is 8.55. The van der Waals surface area contributed by atoms with Crippen LogP contribution in [0.4, 0.5) is 0 Å². The predicted octanol–water partition coefficient (Wildman–Crippen LogP) is 4.77. The molecule has 154 valence electrons. The maximum Gasteiger partial charge on any atom is 0.222 e. The fourth-order valence-electron chi connectivity index (χ4n) is 3.57. The largest absolute Gasteiger partial charge is 0.461 e. The van der Waals surface area contributed by atoms with Crippen LogP contribution >= 0.6 is 0 Å². The van der Waals surface area contributed by atoms with Gasteiger partial charge in [0, 0.05) is 56.9 Å². The van der Waals surface area contributed by atoms with Gasteiger partial charge in [-0.2, -0.15) is 0 Å². The third kappa shape index (κ3) is 5.60. The first kappa shape index (κ1) is 22.0. The zero-order valence-corrected chi connectivity index (χ0v) is 17.8. The lowest BCUT2D eigenvalue weighted by atomic mass is 10.1. The van der Waals surface area contributed by atoms with Crippen molar-refractivity contribution in [1.82, 2.24) is 9.80 Å². The first-order valence-electron chi connectivity index (χ1n) is 10.5. The van der Waals surface area contributed by atoms with Crippen molar-refractivity contribution >= 4 is 22.8 Å². The van der Waals surface area contributed by atoms with Gasteiger partial charge in [0.25, 0.3) is 0 Å². The summed E-state index contributed by atoms with van der Waals surface area (Å²) >= 11 is 0. The van der Waals surface area contributed by atoms with Crippen molar-refractivity contribution in [2.75, 3.05) is 20.1 Å². The number of carbonyl (C=O) groups excluding carboxylic acids is 2. The minimum absolute atomic E-state index is 0.0673. The van der Waals surface area contributed by atoms with Gasteiger partial charge in [0.15, 0.2) is 0 Å². The molecule has 1 aromatic carbocycles. The van der Waals surface area contributed by atoms with Crippen LogP contribution in [0.3, 0.4) is 0 Å². The SMILES string of the molecule is CCCN(CCC)C(=O)CCCC(=O)N(C)Cc1c(CC)oc2ccccc12. The molecule has 0 saturated carbocycles. The highest BCUT2D eigenvalue weighted by molar-refractivity contribution is 5.83. The number of amides is 2. The van der Waals surface area contributed by atoms with Crippen LogP contribution in [-0.4, -0.2) is 41.8 Å². The summed E-state index contributed by atoms with van der Waals surface area (Å²) in [6, 6.07) is 7.96.